The Balaban J connectivity index is 2.99. The first-order valence-electron chi connectivity index (χ1n) is 6.84. The Morgan fingerprint density at radius 1 is 0.667 bits per heavy atom. The summed E-state index contributed by atoms with van der Waals surface area (Å²) in [5, 5.41) is 0. The van der Waals surface area contributed by atoms with Crippen molar-refractivity contribution in [1.29, 1.82) is 0 Å². The van der Waals surface area contributed by atoms with Gasteiger partial charge in [0.2, 0.25) is 6.29 Å². The number of hydrogen-bond acceptors (Lipinski definition) is 2. The lowest BCUT2D eigenvalue weighted by Gasteiger charge is -2.40. The van der Waals surface area contributed by atoms with Crippen LogP contribution in [0.5, 0.6) is 0 Å². The predicted molar refractivity (Wildman–Crippen MR) is 75.9 cm³/mol. The predicted octanol–water partition coefficient (Wildman–Crippen LogP) is 4.96. The third-order valence-corrected chi connectivity index (χ3v) is 5.08. The van der Waals surface area contributed by atoms with Gasteiger partial charge in [0, 0.05) is 5.41 Å². The van der Waals surface area contributed by atoms with E-state index in [0.29, 0.717) is 0 Å². The Labute approximate surface area is 113 Å². The van der Waals surface area contributed by atoms with Crippen LogP contribution >= 0.6 is 0 Å². The summed E-state index contributed by atoms with van der Waals surface area (Å²) in [6.07, 6.45) is 4.50. The van der Waals surface area contributed by atoms with Gasteiger partial charge in [0.25, 0.3) is 0 Å². The monoisotopic (exact) mass is 254 g/mol. The van der Waals surface area contributed by atoms with Crippen molar-refractivity contribution >= 4 is 0 Å². The van der Waals surface area contributed by atoms with Crippen molar-refractivity contribution in [3.8, 4) is 0 Å². The van der Waals surface area contributed by atoms with Gasteiger partial charge in [-0.1, -0.05) is 74.5 Å². The fraction of sp³-hybridized carbons (Fsp3) is 0.875. The molecule has 0 amide bonds. The molecule has 1 fully saturated rings. The van der Waals surface area contributed by atoms with Crippen molar-refractivity contribution in [1.82, 2.24) is 0 Å². The lowest BCUT2D eigenvalue weighted by atomic mass is 9.64. The molecule has 1 aliphatic rings. The molecule has 2 nitrogen and oxygen atoms in total. The van der Waals surface area contributed by atoms with E-state index in [-0.39, 0.29) is 27.9 Å². The van der Waals surface area contributed by atoms with Gasteiger partial charge in [-0.05, 0) is 16.2 Å². The highest BCUT2D eigenvalue weighted by Crippen LogP contribution is 2.50. The Morgan fingerprint density at radius 2 is 1.11 bits per heavy atom. The van der Waals surface area contributed by atoms with Crippen LogP contribution in [-0.4, -0.2) is 6.29 Å². The summed E-state index contributed by atoms with van der Waals surface area (Å²) in [4.78, 5) is 10.2. The molecule has 0 aliphatic carbocycles. The second-order valence-corrected chi connectivity index (χ2v) is 8.36. The number of hydrogen-bond donors (Lipinski definition) is 0. The highest BCUT2D eigenvalue weighted by Gasteiger charge is 2.52. The maximum absolute atomic E-state index is 5.10. The third kappa shape index (κ3) is 2.97. The minimum atomic E-state index is -0.107. The molecule has 0 N–H and O–H groups in total. The van der Waals surface area contributed by atoms with E-state index < -0.39 is 0 Å². The van der Waals surface area contributed by atoms with E-state index >= 15 is 0 Å². The lowest BCUT2D eigenvalue weighted by molar-refractivity contribution is 0.0850. The molecule has 1 aliphatic heterocycles. The van der Waals surface area contributed by atoms with Gasteiger partial charge in [0.05, 0.1) is 0 Å². The Kier molecular flexibility index (Phi) is 3.79. The van der Waals surface area contributed by atoms with Crippen LogP contribution < -0.4 is 0 Å². The van der Waals surface area contributed by atoms with Crippen LogP contribution in [0, 0.1) is 21.7 Å². The molecule has 1 unspecified atom stereocenters. The molecule has 1 heterocycles. The highest BCUT2D eigenvalue weighted by atomic mass is 17.4. The first-order chi connectivity index (χ1) is 7.81. The summed E-state index contributed by atoms with van der Waals surface area (Å²) in [6.45, 7) is 20.3. The van der Waals surface area contributed by atoms with Crippen molar-refractivity contribution in [3.63, 3.8) is 0 Å². The number of rotatable bonds is 3. The van der Waals surface area contributed by atoms with Crippen molar-refractivity contribution in [2.75, 3.05) is 0 Å². The van der Waals surface area contributed by atoms with Gasteiger partial charge < -0.3 is 0 Å². The average Bonchev–Trinajstić information content (AvgIpc) is 2.93. The summed E-state index contributed by atoms with van der Waals surface area (Å²) in [5.74, 6) is 0. The zero-order valence-electron chi connectivity index (χ0n) is 13.5. The van der Waals surface area contributed by atoms with Gasteiger partial charge in [-0.3, -0.25) is 0 Å². The van der Waals surface area contributed by atoms with Crippen LogP contribution in [-0.2, 0) is 9.78 Å². The Morgan fingerprint density at radius 3 is 1.39 bits per heavy atom. The molecule has 2 heteroatoms. The van der Waals surface area contributed by atoms with E-state index in [0.717, 1.165) is 0 Å². The largest absolute Gasteiger partial charge is 0.233 e. The van der Waals surface area contributed by atoms with Crippen molar-refractivity contribution in [2.45, 2.75) is 68.6 Å². The maximum Gasteiger partial charge on any atom is 0.233 e. The molecule has 0 aromatic carbocycles. The zero-order chi connectivity index (χ0) is 14.4. The van der Waals surface area contributed by atoms with Crippen LogP contribution in [0.3, 0.4) is 0 Å². The molecule has 0 spiro atoms. The summed E-state index contributed by atoms with van der Waals surface area (Å²) in [7, 11) is 0. The standard InChI is InChI=1S/C16H30O2/c1-13(2,3)15(7,8)10-11-16(9,12-17-18-12)14(4,5)6/h10-12H,1-9H3. The fourth-order valence-corrected chi connectivity index (χ4v) is 1.54. The van der Waals surface area contributed by atoms with E-state index in [1.54, 1.807) is 0 Å². The first kappa shape index (κ1) is 15.7. The molecule has 1 saturated heterocycles. The normalized spacial score (nSPS) is 22.3. The minimum Gasteiger partial charge on any atom is -0.198 e. The zero-order valence-corrected chi connectivity index (χ0v) is 13.5. The van der Waals surface area contributed by atoms with Crippen molar-refractivity contribution < 1.29 is 9.78 Å². The third-order valence-electron chi connectivity index (χ3n) is 5.08. The van der Waals surface area contributed by atoms with Gasteiger partial charge in [0.1, 0.15) is 0 Å². The molecule has 1 atom stereocenters. The molecule has 18 heavy (non-hydrogen) atoms. The van der Waals surface area contributed by atoms with Crippen molar-refractivity contribution in [3.05, 3.63) is 12.2 Å². The smallest absolute Gasteiger partial charge is 0.198 e. The van der Waals surface area contributed by atoms with E-state index in [1.807, 2.05) is 0 Å². The Bertz CT molecular complexity index is 324. The minimum absolute atomic E-state index is 0.0959. The van der Waals surface area contributed by atoms with Crippen LogP contribution in [0.4, 0.5) is 0 Å². The van der Waals surface area contributed by atoms with Crippen LogP contribution in [0.2, 0.25) is 0 Å². The van der Waals surface area contributed by atoms with E-state index in [1.165, 1.54) is 0 Å². The highest BCUT2D eigenvalue weighted by molar-refractivity contribution is 5.11. The topological polar surface area (TPSA) is 25.1 Å². The molecular weight excluding hydrogens is 224 g/mol. The molecule has 1 rings (SSSR count). The Hall–Kier alpha value is -0.340. The van der Waals surface area contributed by atoms with Gasteiger partial charge in [-0.2, -0.15) is 9.78 Å². The van der Waals surface area contributed by atoms with E-state index in [9.17, 15) is 0 Å². The summed E-state index contributed by atoms with van der Waals surface area (Å²) < 4.78 is 0. The summed E-state index contributed by atoms with van der Waals surface area (Å²) in [5.41, 5.74) is 0.357. The molecule has 0 radical (unpaired) electrons. The maximum atomic E-state index is 5.10. The van der Waals surface area contributed by atoms with Gasteiger partial charge >= 0.3 is 0 Å². The molecule has 0 aromatic heterocycles. The van der Waals surface area contributed by atoms with Crippen molar-refractivity contribution in [2.24, 2.45) is 21.7 Å². The summed E-state index contributed by atoms with van der Waals surface area (Å²) >= 11 is 0. The first-order valence-corrected chi connectivity index (χ1v) is 6.84. The van der Waals surface area contributed by atoms with Crippen LogP contribution in [0.15, 0.2) is 12.2 Å². The summed E-state index contributed by atoms with van der Waals surface area (Å²) in [6, 6.07) is 0. The second kappa shape index (κ2) is 4.35. The molecule has 0 bridgehead atoms. The number of allylic oxidation sites excluding steroid dienone is 1. The van der Waals surface area contributed by atoms with Gasteiger partial charge in [0.15, 0.2) is 0 Å². The van der Waals surface area contributed by atoms with Crippen LogP contribution in [0.1, 0.15) is 62.3 Å². The molecule has 0 aromatic rings. The fourth-order valence-electron chi connectivity index (χ4n) is 1.54. The molecule has 106 valence electrons. The van der Waals surface area contributed by atoms with Gasteiger partial charge in [-0.25, -0.2) is 0 Å². The molecular formula is C16H30O2. The average molecular weight is 254 g/mol. The lowest BCUT2D eigenvalue weighted by Crippen LogP contribution is -2.37. The molecule has 0 saturated carbocycles. The SMILES string of the molecule is CC(C)(C)C(C)(C)C=CC(C)(C1OO1)C(C)(C)C. The van der Waals surface area contributed by atoms with Crippen LogP contribution in [0.25, 0.3) is 0 Å². The second-order valence-electron chi connectivity index (χ2n) is 8.36. The van der Waals surface area contributed by atoms with E-state index in [2.05, 4.69) is 74.5 Å². The van der Waals surface area contributed by atoms with E-state index in [4.69, 9.17) is 9.78 Å². The van der Waals surface area contributed by atoms with Gasteiger partial charge in [-0.15, -0.1) is 0 Å². The quantitative estimate of drug-likeness (QED) is 0.404.